The summed E-state index contributed by atoms with van der Waals surface area (Å²) in [5, 5.41) is 7.79. The number of aromatic nitrogens is 1. The fourth-order valence-electron chi connectivity index (χ4n) is 2.60. The second-order valence-electron chi connectivity index (χ2n) is 6.18. The third kappa shape index (κ3) is 6.84. The number of rotatable bonds is 9. The highest BCUT2D eigenvalue weighted by Gasteiger charge is 2.08. The predicted octanol–water partition coefficient (Wildman–Crippen LogP) is 3.35. The van der Waals surface area contributed by atoms with Gasteiger partial charge in [-0.1, -0.05) is 12.1 Å². The first-order valence-corrected chi connectivity index (χ1v) is 10.0. The molecular formula is C20H30N4O2S. The minimum atomic E-state index is 0.543. The van der Waals surface area contributed by atoms with Crippen molar-refractivity contribution < 1.29 is 9.47 Å². The van der Waals surface area contributed by atoms with Gasteiger partial charge in [0.2, 0.25) is 0 Å². The summed E-state index contributed by atoms with van der Waals surface area (Å²) < 4.78 is 11.3. The molecule has 148 valence electrons. The summed E-state index contributed by atoms with van der Waals surface area (Å²) in [6.45, 7) is 11.3. The normalized spacial score (nSPS) is 11.5. The lowest BCUT2D eigenvalue weighted by molar-refractivity contribution is 0.110. The molecule has 6 nitrogen and oxygen atoms in total. The summed E-state index contributed by atoms with van der Waals surface area (Å²) in [4.78, 5) is 10.00. The second kappa shape index (κ2) is 10.9. The van der Waals surface area contributed by atoms with E-state index in [4.69, 9.17) is 9.47 Å². The Morgan fingerprint density at radius 1 is 1.15 bits per heavy atom. The van der Waals surface area contributed by atoms with E-state index in [0.717, 1.165) is 28.0 Å². The Labute approximate surface area is 166 Å². The average molecular weight is 391 g/mol. The Balaban J connectivity index is 1.92. The number of nitrogens with zero attached hydrogens (tertiary/aromatic N) is 2. The second-order valence-corrected chi connectivity index (χ2v) is 7.47. The first-order valence-electron chi connectivity index (χ1n) is 9.21. The predicted molar refractivity (Wildman–Crippen MR) is 112 cm³/mol. The molecule has 0 atom stereocenters. The van der Waals surface area contributed by atoms with Crippen LogP contribution in [0.3, 0.4) is 0 Å². The van der Waals surface area contributed by atoms with Crippen LogP contribution in [0.2, 0.25) is 0 Å². The molecule has 0 aliphatic carbocycles. The Bertz CT molecular complexity index is 758. The average Bonchev–Trinajstić information content (AvgIpc) is 2.97. The topological polar surface area (TPSA) is 67.8 Å². The van der Waals surface area contributed by atoms with Gasteiger partial charge in [0.15, 0.2) is 5.96 Å². The molecule has 2 N–H and O–H groups in total. The molecule has 0 fully saturated rings. The molecule has 0 aliphatic rings. The Hall–Kier alpha value is -2.12. The van der Waals surface area contributed by atoms with Crippen LogP contribution in [0.25, 0.3) is 0 Å². The molecule has 0 spiro atoms. The largest absolute Gasteiger partial charge is 0.491 e. The molecule has 0 amide bonds. The summed E-state index contributed by atoms with van der Waals surface area (Å²) >= 11 is 1.71. The molecule has 1 aromatic carbocycles. The number of aryl methyl sites for hydroxylation is 3. The SMILES string of the molecule is CCOCCOc1cc(C)ccc1CNC(=NC)NCc1sc(C)nc1C. The first kappa shape index (κ1) is 21.2. The van der Waals surface area contributed by atoms with E-state index < -0.39 is 0 Å². The van der Waals surface area contributed by atoms with Gasteiger partial charge in [-0.2, -0.15) is 0 Å². The van der Waals surface area contributed by atoms with Crippen LogP contribution in [0.5, 0.6) is 5.75 Å². The Kier molecular flexibility index (Phi) is 8.54. The molecule has 1 aromatic heterocycles. The lowest BCUT2D eigenvalue weighted by Crippen LogP contribution is -2.36. The highest BCUT2D eigenvalue weighted by molar-refractivity contribution is 7.11. The van der Waals surface area contributed by atoms with E-state index in [2.05, 4.69) is 45.7 Å². The maximum Gasteiger partial charge on any atom is 0.191 e. The van der Waals surface area contributed by atoms with Crippen LogP contribution in [-0.4, -0.2) is 37.8 Å². The minimum absolute atomic E-state index is 0.543. The smallest absolute Gasteiger partial charge is 0.191 e. The van der Waals surface area contributed by atoms with Crippen molar-refractivity contribution in [2.45, 2.75) is 40.8 Å². The first-order chi connectivity index (χ1) is 13.0. The molecule has 7 heteroatoms. The molecule has 27 heavy (non-hydrogen) atoms. The molecule has 0 bridgehead atoms. The number of benzene rings is 1. The van der Waals surface area contributed by atoms with Crippen molar-refractivity contribution in [3.8, 4) is 5.75 Å². The van der Waals surface area contributed by atoms with Crippen molar-refractivity contribution in [1.82, 2.24) is 15.6 Å². The van der Waals surface area contributed by atoms with Gasteiger partial charge in [-0.05, 0) is 39.3 Å². The fraction of sp³-hybridized carbons (Fsp3) is 0.500. The van der Waals surface area contributed by atoms with Crippen LogP contribution in [0.4, 0.5) is 0 Å². The van der Waals surface area contributed by atoms with Crippen LogP contribution < -0.4 is 15.4 Å². The molecule has 2 rings (SSSR count). The van der Waals surface area contributed by atoms with Gasteiger partial charge in [0.25, 0.3) is 0 Å². The molecule has 0 unspecified atom stereocenters. The number of nitrogens with one attached hydrogen (secondary N) is 2. The third-order valence-corrected chi connectivity index (χ3v) is 5.07. The van der Waals surface area contributed by atoms with E-state index in [1.54, 1.807) is 18.4 Å². The van der Waals surface area contributed by atoms with Gasteiger partial charge in [0.05, 0.1) is 23.9 Å². The molecule has 1 heterocycles. The van der Waals surface area contributed by atoms with Crippen LogP contribution >= 0.6 is 11.3 Å². The zero-order valence-electron chi connectivity index (χ0n) is 16.9. The van der Waals surface area contributed by atoms with Gasteiger partial charge in [-0.25, -0.2) is 4.98 Å². The van der Waals surface area contributed by atoms with Gasteiger partial charge in [-0.15, -0.1) is 11.3 Å². The third-order valence-electron chi connectivity index (χ3n) is 4.00. The zero-order chi connectivity index (χ0) is 19.6. The number of hydrogen-bond donors (Lipinski definition) is 2. The number of aliphatic imine (C=N–C) groups is 1. The van der Waals surface area contributed by atoms with E-state index in [1.165, 1.54) is 10.4 Å². The molecular weight excluding hydrogens is 360 g/mol. The van der Waals surface area contributed by atoms with E-state index in [-0.39, 0.29) is 0 Å². The van der Waals surface area contributed by atoms with E-state index in [1.807, 2.05) is 20.8 Å². The van der Waals surface area contributed by atoms with Crippen molar-refractivity contribution in [2.24, 2.45) is 4.99 Å². The molecule has 0 saturated carbocycles. The van der Waals surface area contributed by atoms with E-state index in [9.17, 15) is 0 Å². The minimum Gasteiger partial charge on any atom is -0.491 e. The summed E-state index contributed by atoms with van der Waals surface area (Å²) in [5.74, 6) is 1.63. The summed E-state index contributed by atoms with van der Waals surface area (Å²) in [7, 11) is 1.77. The maximum atomic E-state index is 5.90. The fourth-order valence-corrected chi connectivity index (χ4v) is 3.47. The standard InChI is InChI=1S/C20H30N4O2S/c1-6-25-9-10-26-18-11-14(2)7-8-17(18)12-22-20(21-5)23-13-19-15(3)24-16(4)27-19/h7-8,11H,6,9-10,12-13H2,1-5H3,(H2,21,22,23). The molecule has 2 aromatic rings. The van der Waals surface area contributed by atoms with Gasteiger partial charge >= 0.3 is 0 Å². The quantitative estimate of drug-likeness (QED) is 0.390. The lowest BCUT2D eigenvalue weighted by atomic mass is 10.1. The van der Waals surface area contributed by atoms with Crippen molar-refractivity contribution in [2.75, 3.05) is 26.9 Å². The number of guanidine groups is 1. The van der Waals surface area contributed by atoms with Gasteiger partial charge in [0.1, 0.15) is 12.4 Å². The zero-order valence-corrected chi connectivity index (χ0v) is 17.7. The number of hydrogen-bond acceptors (Lipinski definition) is 5. The maximum absolute atomic E-state index is 5.90. The van der Waals surface area contributed by atoms with Crippen LogP contribution in [-0.2, 0) is 17.8 Å². The van der Waals surface area contributed by atoms with Gasteiger partial charge in [0, 0.05) is 30.6 Å². The van der Waals surface area contributed by atoms with Crippen molar-refractivity contribution in [3.05, 3.63) is 44.9 Å². The lowest BCUT2D eigenvalue weighted by Gasteiger charge is -2.15. The van der Waals surface area contributed by atoms with Crippen molar-refractivity contribution >= 4 is 17.3 Å². The highest BCUT2D eigenvalue weighted by Crippen LogP contribution is 2.20. The van der Waals surface area contributed by atoms with Crippen LogP contribution in [0.15, 0.2) is 23.2 Å². The number of thiazole rings is 1. The molecule has 0 radical (unpaired) electrons. The summed E-state index contributed by atoms with van der Waals surface area (Å²) in [5.41, 5.74) is 3.33. The highest BCUT2D eigenvalue weighted by atomic mass is 32.1. The Morgan fingerprint density at radius 3 is 2.59 bits per heavy atom. The van der Waals surface area contributed by atoms with Crippen molar-refractivity contribution in [3.63, 3.8) is 0 Å². The van der Waals surface area contributed by atoms with Gasteiger partial charge < -0.3 is 20.1 Å². The van der Waals surface area contributed by atoms with E-state index >= 15 is 0 Å². The Morgan fingerprint density at radius 2 is 1.93 bits per heavy atom. The molecule has 0 aliphatic heterocycles. The summed E-state index contributed by atoms with van der Waals surface area (Å²) in [6, 6.07) is 6.23. The summed E-state index contributed by atoms with van der Waals surface area (Å²) in [6.07, 6.45) is 0. The van der Waals surface area contributed by atoms with E-state index in [0.29, 0.717) is 32.9 Å². The molecule has 0 saturated heterocycles. The van der Waals surface area contributed by atoms with Crippen LogP contribution in [0, 0.1) is 20.8 Å². The van der Waals surface area contributed by atoms with Crippen molar-refractivity contribution in [1.29, 1.82) is 0 Å². The number of ether oxygens (including phenoxy) is 2. The van der Waals surface area contributed by atoms with Crippen LogP contribution in [0.1, 0.15) is 33.6 Å². The van der Waals surface area contributed by atoms with Gasteiger partial charge in [-0.3, -0.25) is 4.99 Å². The monoisotopic (exact) mass is 390 g/mol.